The number of aromatic nitrogens is 2. The summed E-state index contributed by atoms with van der Waals surface area (Å²) in [7, 11) is 1.65. The van der Waals surface area contributed by atoms with Crippen molar-refractivity contribution >= 4 is 17.2 Å². The molecule has 0 fully saturated rings. The van der Waals surface area contributed by atoms with Gasteiger partial charge in [-0.05, 0) is 37.5 Å². The van der Waals surface area contributed by atoms with E-state index >= 15 is 0 Å². The number of hydrogen-bond donors (Lipinski definition) is 1. The molecule has 0 aliphatic heterocycles. The first-order chi connectivity index (χ1) is 13.2. The van der Waals surface area contributed by atoms with Crippen molar-refractivity contribution in [3.8, 4) is 16.3 Å². The van der Waals surface area contributed by atoms with Crippen molar-refractivity contribution in [2.24, 2.45) is 5.92 Å². The first-order valence-electron chi connectivity index (χ1n) is 9.03. The van der Waals surface area contributed by atoms with Crippen LogP contribution in [0, 0.1) is 5.92 Å². The van der Waals surface area contributed by atoms with Crippen LogP contribution in [0.2, 0.25) is 0 Å². The third-order valence-corrected chi connectivity index (χ3v) is 6.05. The Bertz CT molecular complexity index is 940. The second-order valence-corrected chi connectivity index (χ2v) is 7.68. The SMILES string of the molecule is COc1ccccc1CNC(=O)C1CCc2nc(-c3ccncc3)sc2C1. The van der Waals surface area contributed by atoms with Gasteiger partial charge in [0.15, 0.2) is 0 Å². The molecule has 1 aliphatic carbocycles. The topological polar surface area (TPSA) is 64.1 Å². The van der Waals surface area contributed by atoms with E-state index in [1.807, 2.05) is 36.4 Å². The van der Waals surface area contributed by atoms with Crippen LogP contribution in [-0.4, -0.2) is 23.0 Å². The lowest BCUT2D eigenvalue weighted by atomic mass is 9.90. The van der Waals surface area contributed by atoms with Gasteiger partial charge in [-0.15, -0.1) is 11.3 Å². The number of carbonyl (C=O) groups excluding carboxylic acids is 1. The summed E-state index contributed by atoms with van der Waals surface area (Å²) in [6, 6.07) is 11.7. The van der Waals surface area contributed by atoms with Crippen molar-refractivity contribution in [3.05, 3.63) is 64.9 Å². The van der Waals surface area contributed by atoms with Crippen molar-refractivity contribution in [1.29, 1.82) is 0 Å². The number of pyridine rings is 1. The van der Waals surface area contributed by atoms with Crippen LogP contribution in [0.25, 0.3) is 10.6 Å². The molecule has 5 nitrogen and oxygen atoms in total. The minimum absolute atomic E-state index is 0.00190. The van der Waals surface area contributed by atoms with Crippen molar-refractivity contribution in [2.45, 2.75) is 25.8 Å². The summed E-state index contributed by atoms with van der Waals surface area (Å²) in [5.41, 5.74) is 3.21. The predicted molar refractivity (Wildman–Crippen MR) is 106 cm³/mol. The van der Waals surface area contributed by atoms with Gasteiger partial charge >= 0.3 is 0 Å². The zero-order valence-corrected chi connectivity index (χ0v) is 16.0. The Hall–Kier alpha value is -2.73. The number of nitrogens with one attached hydrogen (secondary N) is 1. The molecule has 27 heavy (non-hydrogen) atoms. The van der Waals surface area contributed by atoms with Crippen molar-refractivity contribution in [3.63, 3.8) is 0 Å². The molecule has 2 aromatic heterocycles. The summed E-state index contributed by atoms with van der Waals surface area (Å²) < 4.78 is 5.35. The van der Waals surface area contributed by atoms with Gasteiger partial charge in [0.05, 0.1) is 12.8 Å². The Morgan fingerprint density at radius 2 is 2.07 bits per heavy atom. The van der Waals surface area contributed by atoms with Gasteiger partial charge in [-0.2, -0.15) is 0 Å². The van der Waals surface area contributed by atoms with E-state index in [0.29, 0.717) is 6.54 Å². The van der Waals surface area contributed by atoms with Crippen molar-refractivity contribution < 1.29 is 9.53 Å². The van der Waals surface area contributed by atoms with E-state index < -0.39 is 0 Å². The fourth-order valence-corrected chi connectivity index (χ4v) is 4.59. The highest BCUT2D eigenvalue weighted by Gasteiger charge is 2.27. The monoisotopic (exact) mass is 379 g/mol. The van der Waals surface area contributed by atoms with Gasteiger partial charge in [0.25, 0.3) is 0 Å². The number of carbonyl (C=O) groups is 1. The van der Waals surface area contributed by atoms with Crippen LogP contribution in [0.4, 0.5) is 0 Å². The van der Waals surface area contributed by atoms with Crippen molar-refractivity contribution in [2.75, 3.05) is 7.11 Å². The number of hydrogen-bond acceptors (Lipinski definition) is 5. The van der Waals surface area contributed by atoms with Gasteiger partial charge in [0, 0.05) is 40.9 Å². The minimum atomic E-state index is -0.00190. The molecule has 1 unspecified atom stereocenters. The average Bonchev–Trinajstić information content (AvgIpc) is 3.16. The average molecular weight is 379 g/mol. The lowest BCUT2D eigenvalue weighted by Crippen LogP contribution is -2.33. The Kier molecular flexibility index (Phi) is 5.16. The van der Waals surface area contributed by atoms with Crippen LogP contribution in [-0.2, 0) is 24.2 Å². The highest BCUT2D eigenvalue weighted by Crippen LogP contribution is 2.34. The van der Waals surface area contributed by atoms with Crippen LogP contribution in [0.1, 0.15) is 22.6 Å². The summed E-state index contributed by atoms with van der Waals surface area (Å²) in [5, 5.41) is 4.08. The molecular formula is C21H21N3O2S. The number of aryl methyl sites for hydroxylation is 1. The number of thiazole rings is 1. The number of methoxy groups -OCH3 is 1. The van der Waals surface area contributed by atoms with E-state index in [4.69, 9.17) is 9.72 Å². The fourth-order valence-electron chi connectivity index (χ4n) is 3.39. The van der Waals surface area contributed by atoms with Crippen LogP contribution in [0.5, 0.6) is 5.75 Å². The minimum Gasteiger partial charge on any atom is -0.496 e. The van der Waals surface area contributed by atoms with Gasteiger partial charge in [-0.25, -0.2) is 4.98 Å². The zero-order valence-electron chi connectivity index (χ0n) is 15.1. The molecular weight excluding hydrogens is 358 g/mol. The second-order valence-electron chi connectivity index (χ2n) is 6.59. The molecule has 0 saturated heterocycles. The number of fused-ring (bicyclic) bond motifs is 1. The molecule has 0 bridgehead atoms. The Balaban J connectivity index is 1.42. The summed E-state index contributed by atoms with van der Waals surface area (Å²) in [6.07, 6.45) is 6.01. The number of benzene rings is 1. The standard InChI is InChI=1S/C21H21N3O2S/c1-26-18-5-3-2-4-16(18)13-23-20(25)15-6-7-17-19(12-15)27-21(24-17)14-8-10-22-11-9-14/h2-5,8-11,15H,6-7,12-13H2,1H3,(H,23,25). The Morgan fingerprint density at radius 1 is 1.26 bits per heavy atom. The van der Waals surface area contributed by atoms with Crippen LogP contribution >= 0.6 is 11.3 Å². The summed E-state index contributed by atoms with van der Waals surface area (Å²) in [4.78, 5) is 22.7. The highest BCUT2D eigenvalue weighted by atomic mass is 32.1. The molecule has 1 aromatic carbocycles. The largest absolute Gasteiger partial charge is 0.496 e. The van der Waals surface area contributed by atoms with E-state index in [1.54, 1.807) is 30.8 Å². The highest BCUT2D eigenvalue weighted by molar-refractivity contribution is 7.15. The number of amides is 1. The normalized spacial score (nSPS) is 15.8. The molecule has 3 aromatic rings. The first kappa shape index (κ1) is 17.7. The molecule has 1 amide bonds. The third-order valence-electron chi connectivity index (χ3n) is 4.88. The van der Waals surface area contributed by atoms with E-state index in [1.165, 1.54) is 4.88 Å². The van der Waals surface area contributed by atoms with E-state index in [2.05, 4.69) is 10.3 Å². The third kappa shape index (κ3) is 3.85. The smallest absolute Gasteiger partial charge is 0.223 e. The van der Waals surface area contributed by atoms with E-state index in [-0.39, 0.29) is 11.8 Å². The quantitative estimate of drug-likeness (QED) is 0.735. The fraction of sp³-hybridized carbons (Fsp3) is 0.286. The second kappa shape index (κ2) is 7.88. The molecule has 6 heteroatoms. The summed E-state index contributed by atoms with van der Waals surface area (Å²) in [5.74, 6) is 0.900. The van der Waals surface area contributed by atoms with Crippen LogP contribution in [0.3, 0.4) is 0 Å². The number of ether oxygens (including phenoxy) is 1. The predicted octanol–water partition coefficient (Wildman–Crippen LogP) is 3.64. The van der Waals surface area contributed by atoms with Crippen molar-refractivity contribution in [1.82, 2.24) is 15.3 Å². The Labute approximate surface area is 162 Å². The van der Waals surface area contributed by atoms with Crippen LogP contribution < -0.4 is 10.1 Å². The molecule has 138 valence electrons. The lowest BCUT2D eigenvalue weighted by molar-refractivity contribution is -0.125. The first-order valence-corrected chi connectivity index (χ1v) is 9.85. The number of para-hydroxylation sites is 1. The summed E-state index contributed by atoms with van der Waals surface area (Å²) >= 11 is 1.69. The van der Waals surface area contributed by atoms with Gasteiger partial charge < -0.3 is 10.1 Å². The molecule has 1 N–H and O–H groups in total. The van der Waals surface area contributed by atoms with Gasteiger partial charge in [-0.3, -0.25) is 9.78 Å². The maximum Gasteiger partial charge on any atom is 0.223 e. The maximum atomic E-state index is 12.7. The van der Waals surface area contributed by atoms with Gasteiger partial charge in [0.2, 0.25) is 5.91 Å². The van der Waals surface area contributed by atoms with E-state index in [0.717, 1.165) is 46.8 Å². The van der Waals surface area contributed by atoms with Gasteiger partial charge in [0.1, 0.15) is 10.8 Å². The lowest BCUT2D eigenvalue weighted by Gasteiger charge is -2.20. The van der Waals surface area contributed by atoms with Crippen LogP contribution in [0.15, 0.2) is 48.8 Å². The molecule has 4 rings (SSSR count). The number of nitrogens with zero attached hydrogens (tertiary/aromatic N) is 2. The molecule has 1 aliphatic rings. The van der Waals surface area contributed by atoms with E-state index in [9.17, 15) is 4.79 Å². The molecule has 1 atom stereocenters. The van der Waals surface area contributed by atoms with Gasteiger partial charge in [-0.1, -0.05) is 18.2 Å². The summed E-state index contributed by atoms with van der Waals surface area (Å²) in [6.45, 7) is 0.483. The molecule has 2 heterocycles. The zero-order chi connectivity index (χ0) is 18.6. The Morgan fingerprint density at radius 3 is 2.89 bits per heavy atom. The molecule has 0 spiro atoms. The maximum absolute atomic E-state index is 12.7. The molecule has 0 radical (unpaired) electrons. The molecule has 0 saturated carbocycles. The number of rotatable bonds is 5.